The summed E-state index contributed by atoms with van der Waals surface area (Å²) in [6.45, 7) is 0. The Labute approximate surface area is 184 Å². The molecular weight excluding hydrogens is 432 g/mol. The summed E-state index contributed by atoms with van der Waals surface area (Å²) in [5, 5.41) is 27.4. The van der Waals surface area contributed by atoms with Crippen LogP contribution in [0.3, 0.4) is 0 Å². The van der Waals surface area contributed by atoms with Gasteiger partial charge in [0.15, 0.2) is 0 Å². The first-order valence-electron chi connectivity index (χ1n) is 9.46. The predicted octanol–water partition coefficient (Wildman–Crippen LogP) is 4.75. The standard InChI is InChI=1S/C22H14N4O7/c27-21(13-4-3-5-16(12-13)26(31)32)24-19-17-6-1-2-7-18(17)33-20(19)22(28)23-14-8-10-15(11-9-14)25(29)30/h1-12H,(H,23,28)(H,24,27). The fourth-order valence-corrected chi connectivity index (χ4v) is 3.13. The quantitative estimate of drug-likeness (QED) is 0.319. The molecule has 0 unspecified atom stereocenters. The van der Waals surface area contributed by atoms with Crippen molar-refractivity contribution in [3.05, 3.63) is 104 Å². The molecule has 0 fully saturated rings. The van der Waals surface area contributed by atoms with Crippen LogP contribution >= 0.6 is 0 Å². The maximum Gasteiger partial charge on any atom is 0.293 e. The first kappa shape index (κ1) is 21.2. The number of carbonyl (C=O) groups is 2. The minimum atomic E-state index is -0.700. The topological polar surface area (TPSA) is 158 Å². The highest BCUT2D eigenvalue weighted by Crippen LogP contribution is 2.32. The van der Waals surface area contributed by atoms with Gasteiger partial charge in [-0.05, 0) is 30.3 Å². The molecule has 0 spiro atoms. The van der Waals surface area contributed by atoms with Crippen molar-refractivity contribution in [1.29, 1.82) is 0 Å². The lowest BCUT2D eigenvalue weighted by Crippen LogP contribution is -2.17. The maximum atomic E-state index is 12.9. The number of nitrogens with zero attached hydrogens (tertiary/aromatic N) is 2. The van der Waals surface area contributed by atoms with Crippen molar-refractivity contribution in [3.8, 4) is 0 Å². The van der Waals surface area contributed by atoms with Crippen LogP contribution in [0.15, 0.2) is 77.2 Å². The summed E-state index contributed by atoms with van der Waals surface area (Å²) in [7, 11) is 0. The van der Waals surface area contributed by atoms with Crippen LogP contribution in [0.25, 0.3) is 11.0 Å². The molecule has 0 saturated carbocycles. The van der Waals surface area contributed by atoms with Crippen molar-refractivity contribution in [2.45, 2.75) is 0 Å². The third-order valence-corrected chi connectivity index (χ3v) is 4.70. The summed E-state index contributed by atoms with van der Waals surface area (Å²) in [6, 6.07) is 17.0. The lowest BCUT2D eigenvalue weighted by Gasteiger charge is -2.07. The molecule has 11 heteroatoms. The van der Waals surface area contributed by atoms with E-state index in [2.05, 4.69) is 10.6 Å². The van der Waals surface area contributed by atoms with E-state index in [9.17, 15) is 29.8 Å². The van der Waals surface area contributed by atoms with Gasteiger partial charge in [-0.25, -0.2) is 0 Å². The first-order chi connectivity index (χ1) is 15.8. The summed E-state index contributed by atoms with van der Waals surface area (Å²) in [5.41, 5.74) is 0.331. The molecule has 3 aromatic carbocycles. The Morgan fingerprint density at radius 1 is 0.758 bits per heavy atom. The number of nitro benzene ring substituents is 2. The van der Waals surface area contributed by atoms with Crippen LogP contribution in [0.4, 0.5) is 22.7 Å². The lowest BCUT2D eigenvalue weighted by atomic mass is 10.1. The van der Waals surface area contributed by atoms with E-state index in [-0.39, 0.29) is 34.1 Å². The second-order valence-electron chi connectivity index (χ2n) is 6.82. The minimum absolute atomic E-state index is 0.0243. The highest BCUT2D eigenvalue weighted by atomic mass is 16.6. The maximum absolute atomic E-state index is 12.9. The van der Waals surface area contributed by atoms with E-state index < -0.39 is 21.7 Å². The van der Waals surface area contributed by atoms with E-state index in [1.807, 2.05) is 0 Å². The van der Waals surface area contributed by atoms with Crippen LogP contribution in [-0.4, -0.2) is 21.7 Å². The molecule has 33 heavy (non-hydrogen) atoms. The van der Waals surface area contributed by atoms with Gasteiger partial charge in [-0.3, -0.25) is 29.8 Å². The molecule has 2 N–H and O–H groups in total. The highest BCUT2D eigenvalue weighted by molar-refractivity contribution is 6.17. The van der Waals surface area contributed by atoms with Gasteiger partial charge in [0.05, 0.1) is 9.85 Å². The lowest BCUT2D eigenvalue weighted by molar-refractivity contribution is -0.385. The molecule has 0 aliphatic rings. The zero-order valence-electron chi connectivity index (χ0n) is 16.7. The Hall–Kier alpha value is -5.06. The van der Waals surface area contributed by atoms with Gasteiger partial charge in [-0.2, -0.15) is 0 Å². The largest absolute Gasteiger partial charge is 0.449 e. The number of para-hydroxylation sites is 1. The summed E-state index contributed by atoms with van der Waals surface area (Å²) < 4.78 is 5.65. The normalized spacial score (nSPS) is 10.5. The van der Waals surface area contributed by atoms with E-state index in [0.717, 1.165) is 6.07 Å². The third kappa shape index (κ3) is 4.37. The summed E-state index contributed by atoms with van der Waals surface area (Å²) in [4.78, 5) is 46.3. The number of anilines is 2. The monoisotopic (exact) mass is 446 g/mol. The molecule has 0 atom stereocenters. The van der Waals surface area contributed by atoms with Gasteiger partial charge >= 0.3 is 0 Å². The Balaban J connectivity index is 1.66. The Bertz CT molecular complexity index is 1410. The van der Waals surface area contributed by atoms with Gasteiger partial charge in [0, 0.05) is 40.9 Å². The Morgan fingerprint density at radius 3 is 2.15 bits per heavy atom. The molecule has 4 rings (SSSR count). The predicted molar refractivity (Wildman–Crippen MR) is 118 cm³/mol. The van der Waals surface area contributed by atoms with Crippen LogP contribution in [0.5, 0.6) is 0 Å². The molecule has 1 aromatic heterocycles. The fourth-order valence-electron chi connectivity index (χ4n) is 3.13. The number of carbonyl (C=O) groups excluding carboxylic acids is 2. The van der Waals surface area contributed by atoms with Gasteiger partial charge in [0.25, 0.3) is 23.2 Å². The number of rotatable bonds is 6. The number of amides is 2. The Kier molecular flexibility index (Phi) is 5.51. The molecule has 2 amide bonds. The van der Waals surface area contributed by atoms with Gasteiger partial charge in [-0.1, -0.05) is 18.2 Å². The van der Waals surface area contributed by atoms with Gasteiger partial charge in [0.2, 0.25) is 5.76 Å². The average molecular weight is 446 g/mol. The van der Waals surface area contributed by atoms with Crippen molar-refractivity contribution in [1.82, 2.24) is 0 Å². The number of fused-ring (bicyclic) bond motifs is 1. The summed E-state index contributed by atoms with van der Waals surface area (Å²) in [6.07, 6.45) is 0. The SMILES string of the molecule is O=C(Nc1c(C(=O)Nc2ccc([N+](=O)[O-])cc2)oc2ccccc12)c1cccc([N+](=O)[O-])c1. The molecule has 0 aliphatic carbocycles. The van der Waals surface area contributed by atoms with Crippen LogP contribution in [0.1, 0.15) is 20.9 Å². The molecular formula is C22H14N4O7. The minimum Gasteiger partial charge on any atom is -0.449 e. The van der Waals surface area contributed by atoms with Crippen molar-refractivity contribution in [2.24, 2.45) is 0 Å². The second kappa shape index (κ2) is 8.59. The number of hydrogen-bond donors (Lipinski definition) is 2. The highest BCUT2D eigenvalue weighted by Gasteiger charge is 2.23. The number of non-ortho nitro benzene ring substituents is 2. The Morgan fingerprint density at radius 2 is 1.45 bits per heavy atom. The number of benzene rings is 3. The van der Waals surface area contributed by atoms with Gasteiger partial charge in [0.1, 0.15) is 11.3 Å². The molecule has 0 aliphatic heterocycles. The molecule has 164 valence electrons. The third-order valence-electron chi connectivity index (χ3n) is 4.70. The van der Waals surface area contributed by atoms with E-state index in [1.165, 1.54) is 42.5 Å². The number of nitrogens with one attached hydrogen (secondary N) is 2. The zero-order chi connectivity index (χ0) is 23.5. The number of furan rings is 1. The molecule has 0 saturated heterocycles. The van der Waals surface area contributed by atoms with E-state index in [0.29, 0.717) is 11.0 Å². The van der Waals surface area contributed by atoms with Crippen molar-refractivity contribution >= 4 is 45.5 Å². The zero-order valence-corrected chi connectivity index (χ0v) is 16.7. The molecule has 11 nitrogen and oxygen atoms in total. The first-order valence-corrected chi connectivity index (χ1v) is 9.46. The summed E-state index contributed by atoms with van der Waals surface area (Å²) >= 11 is 0. The van der Waals surface area contributed by atoms with Crippen LogP contribution < -0.4 is 10.6 Å². The number of hydrogen-bond acceptors (Lipinski definition) is 7. The van der Waals surface area contributed by atoms with Crippen LogP contribution in [0, 0.1) is 20.2 Å². The molecule has 0 bridgehead atoms. The van der Waals surface area contributed by atoms with Crippen LogP contribution in [0.2, 0.25) is 0 Å². The van der Waals surface area contributed by atoms with Crippen molar-refractivity contribution in [2.75, 3.05) is 10.6 Å². The average Bonchev–Trinajstić information content (AvgIpc) is 3.18. The van der Waals surface area contributed by atoms with E-state index in [1.54, 1.807) is 24.3 Å². The fraction of sp³-hybridized carbons (Fsp3) is 0. The summed E-state index contributed by atoms with van der Waals surface area (Å²) in [5.74, 6) is -1.57. The number of nitro groups is 2. The van der Waals surface area contributed by atoms with E-state index >= 15 is 0 Å². The van der Waals surface area contributed by atoms with E-state index in [4.69, 9.17) is 4.42 Å². The van der Waals surface area contributed by atoms with Gasteiger partial charge < -0.3 is 15.1 Å². The molecule has 1 heterocycles. The smallest absolute Gasteiger partial charge is 0.293 e. The van der Waals surface area contributed by atoms with Crippen molar-refractivity contribution < 1.29 is 23.9 Å². The second-order valence-corrected chi connectivity index (χ2v) is 6.82. The van der Waals surface area contributed by atoms with Gasteiger partial charge in [-0.15, -0.1) is 0 Å². The van der Waals surface area contributed by atoms with Crippen LogP contribution in [-0.2, 0) is 0 Å². The van der Waals surface area contributed by atoms with Crippen molar-refractivity contribution in [3.63, 3.8) is 0 Å². The molecule has 0 radical (unpaired) electrons. The molecule has 4 aromatic rings.